The molecule has 0 saturated carbocycles. The van der Waals surface area contributed by atoms with Gasteiger partial charge in [0.15, 0.2) is 0 Å². The number of halogens is 1. The molecule has 0 spiro atoms. The smallest absolute Gasteiger partial charge is 0.251 e. The number of nitrogens with zero attached hydrogens (tertiary/aromatic N) is 1. The SMILES string of the molecule is Cc1ccc([C@H](CNC(=O)c2ccc(Br)cc2)N2CCCCCC2)cc1. The molecule has 0 aromatic heterocycles. The molecule has 1 saturated heterocycles. The standard InChI is InChI=1S/C22H27BrN2O/c1-17-6-8-18(9-7-17)21(25-14-4-2-3-5-15-25)16-24-22(26)19-10-12-20(23)13-11-19/h6-13,21H,2-5,14-16H2,1H3,(H,24,26)/t21-/m0/s1. The van der Waals surface area contributed by atoms with Gasteiger partial charge in [-0.1, -0.05) is 58.6 Å². The minimum atomic E-state index is -0.00978. The topological polar surface area (TPSA) is 32.3 Å². The molecule has 0 bridgehead atoms. The largest absolute Gasteiger partial charge is 0.350 e. The lowest BCUT2D eigenvalue weighted by atomic mass is 10.0. The van der Waals surface area contributed by atoms with Crippen molar-refractivity contribution < 1.29 is 4.79 Å². The van der Waals surface area contributed by atoms with Crippen molar-refractivity contribution in [3.63, 3.8) is 0 Å². The van der Waals surface area contributed by atoms with Crippen molar-refractivity contribution in [3.8, 4) is 0 Å². The van der Waals surface area contributed by atoms with E-state index in [2.05, 4.69) is 57.3 Å². The first-order valence-electron chi connectivity index (χ1n) is 9.48. The molecule has 0 radical (unpaired) electrons. The number of carbonyl (C=O) groups excluding carboxylic acids is 1. The number of hydrogen-bond donors (Lipinski definition) is 1. The number of aryl methyl sites for hydroxylation is 1. The molecule has 1 atom stereocenters. The molecular formula is C22H27BrN2O. The van der Waals surface area contributed by atoms with Gasteiger partial charge in [0.2, 0.25) is 0 Å². The Balaban J connectivity index is 1.73. The van der Waals surface area contributed by atoms with Crippen LogP contribution in [0.2, 0.25) is 0 Å². The van der Waals surface area contributed by atoms with E-state index < -0.39 is 0 Å². The Hall–Kier alpha value is -1.65. The Morgan fingerprint density at radius 1 is 1.00 bits per heavy atom. The Labute approximate surface area is 164 Å². The highest BCUT2D eigenvalue weighted by molar-refractivity contribution is 9.10. The van der Waals surface area contributed by atoms with Crippen LogP contribution in [0, 0.1) is 6.92 Å². The second kappa shape index (κ2) is 9.33. The number of hydrogen-bond acceptors (Lipinski definition) is 2. The monoisotopic (exact) mass is 414 g/mol. The number of benzene rings is 2. The van der Waals surface area contributed by atoms with E-state index >= 15 is 0 Å². The molecule has 3 nitrogen and oxygen atoms in total. The zero-order valence-electron chi connectivity index (χ0n) is 15.4. The van der Waals surface area contributed by atoms with Crippen molar-refractivity contribution in [2.24, 2.45) is 0 Å². The van der Waals surface area contributed by atoms with E-state index in [1.54, 1.807) is 0 Å². The van der Waals surface area contributed by atoms with Gasteiger partial charge in [-0.15, -0.1) is 0 Å². The number of rotatable bonds is 5. The van der Waals surface area contributed by atoms with E-state index in [0.29, 0.717) is 12.1 Å². The third-order valence-electron chi connectivity index (χ3n) is 5.11. The van der Waals surface area contributed by atoms with Gasteiger partial charge < -0.3 is 5.32 Å². The average molecular weight is 415 g/mol. The van der Waals surface area contributed by atoms with Crippen LogP contribution in [0.15, 0.2) is 53.0 Å². The Kier molecular flexibility index (Phi) is 6.86. The van der Waals surface area contributed by atoms with Gasteiger partial charge in [-0.05, 0) is 62.7 Å². The minimum absolute atomic E-state index is 0.00978. The molecule has 0 unspecified atom stereocenters. The van der Waals surface area contributed by atoms with Gasteiger partial charge in [-0.3, -0.25) is 9.69 Å². The fraction of sp³-hybridized carbons (Fsp3) is 0.409. The molecule has 0 aliphatic carbocycles. The summed E-state index contributed by atoms with van der Waals surface area (Å²) in [5.74, 6) is -0.00978. The molecule has 1 heterocycles. The summed E-state index contributed by atoms with van der Waals surface area (Å²) in [7, 11) is 0. The highest BCUT2D eigenvalue weighted by atomic mass is 79.9. The summed E-state index contributed by atoms with van der Waals surface area (Å²) < 4.78 is 0.983. The van der Waals surface area contributed by atoms with Crippen molar-refractivity contribution in [3.05, 3.63) is 69.7 Å². The molecule has 1 aliphatic rings. The first-order chi connectivity index (χ1) is 12.6. The normalized spacial score (nSPS) is 16.7. The van der Waals surface area contributed by atoms with Crippen molar-refractivity contribution in [1.29, 1.82) is 0 Å². The third kappa shape index (κ3) is 5.18. The molecule has 1 N–H and O–H groups in total. The molecule has 3 rings (SSSR count). The van der Waals surface area contributed by atoms with Crippen LogP contribution in [-0.4, -0.2) is 30.4 Å². The molecule has 4 heteroatoms. The van der Waals surface area contributed by atoms with E-state index in [0.717, 1.165) is 17.6 Å². The fourth-order valence-electron chi connectivity index (χ4n) is 3.55. The zero-order chi connectivity index (χ0) is 18.4. The molecule has 1 fully saturated rings. The molecule has 2 aromatic carbocycles. The lowest BCUT2D eigenvalue weighted by molar-refractivity contribution is 0.0933. The van der Waals surface area contributed by atoms with Crippen LogP contribution in [0.4, 0.5) is 0 Å². The second-order valence-electron chi connectivity index (χ2n) is 7.09. The lowest BCUT2D eigenvalue weighted by Gasteiger charge is -2.31. The summed E-state index contributed by atoms with van der Waals surface area (Å²) in [5, 5.41) is 3.15. The van der Waals surface area contributed by atoms with Crippen molar-refractivity contribution >= 4 is 21.8 Å². The van der Waals surface area contributed by atoms with E-state index in [4.69, 9.17) is 0 Å². The molecule has 1 aliphatic heterocycles. The highest BCUT2D eigenvalue weighted by Gasteiger charge is 2.22. The maximum atomic E-state index is 12.6. The third-order valence-corrected chi connectivity index (χ3v) is 5.63. The van der Waals surface area contributed by atoms with E-state index in [-0.39, 0.29) is 11.9 Å². The Morgan fingerprint density at radius 3 is 2.23 bits per heavy atom. The van der Waals surface area contributed by atoms with Crippen molar-refractivity contribution in [2.45, 2.75) is 38.6 Å². The average Bonchev–Trinajstić information content (AvgIpc) is 2.93. The molecule has 2 aromatic rings. The lowest BCUT2D eigenvalue weighted by Crippen LogP contribution is -2.38. The maximum Gasteiger partial charge on any atom is 0.251 e. The van der Waals surface area contributed by atoms with Crippen LogP contribution in [0.5, 0.6) is 0 Å². The molecular weight excluding hydrogens is 388 g/mol. The number of carbonyl (C=O) groups is 1. The van der Waals surface area contributed by atoms with E-state index in [1.165, 1.54) is 36.8 Å². The number of likely N-dealkylation sites (tertiary alicyclic amines) is 1. The molecule has 1 amide bonds. The first kappa shape index (κ1) is 19.1. The number of amides is 1. The van der Waals surface area contributed by atoms with Gasteiger partial charge in [-0.2, -0.15) is 0 Å². The van der Waals surface area contributed by atoms with Crippen LogP contribution in [-0.2, 0) is 0 Å². The van der Waals surface area contributed by atoms with Crippen LogP contribution >= 0.6 is 15.9 Å². The van der Waals surface area contributed by atoms with Gasteiger partial charge in [0.1, 0.15) is 0 Å². The molecule has 138 valence electrons. The highest BCUT2D eigenvalue weighted by Crippen LogP contribution is 2.24. The van der Waals surface area contributed by atoms with E-state index in [1.807, 2.05) is 24.3 Å². The number of nitrogens with one attached hydrogen (secondary N) is 1. The van der Waals surface area contributed by atoms with Gasteiger partial charge in [-0.25, -0.2) is 0 Å². The summed E-state index contributed by atoms with van der Waals surface area (Å²) in [6.45, 7) is 4.96. The predicted molar refractivity (Wildman–Crippen MR) is 110 cm³/mol. The minimum Gasteiger partial charge on any atom is -0.350 e. The Morgan fingerprint density at radius 2 is 1.62 bits per heavy atom. The first-order valence-corrected chi connectivity index (χ1v) is 10.3. The summed E-state index contributed by atoms with van der Waals surface area (Å²) in [4.78, 5) is 15.1. The van der Waals surface area contributed by atoms with Gasteiger partial charge in [0, 0.05) is 16.6 Å². The summed E-state index contributed by atoms with van der Waals surface area (Å²) in [6, 6.07) is 16.5. The predicted octanol–water partition coefficient (Wildman–Crippen LogP) is 5.10. The second-order valence-corrected chi connectivity index (χ2v) is 8.01. The van der Waals surface area contributed by atoms with E-state index in [9.17, 15) is 4.79 Å². The summed E-state index contributed by atoms with van der Waals surface area (Å²) in [5.41, 5.74) is 3.25. The quantitative estimate of drug-likeness (QED) is 0.737. The fourth-order valence-corrected chi connectivity index (χ4v) is 3.81. The van der Waals surface area contributed by atoms with Crippen molar-refractivity contribution in [1.82, 2.24) is 10.2 Å². The zero-order valence-corrected chi connectivity index (χ0v) is 17.0. The van der Waals surface area contributed by atoms with Crippen LogP contribution in [0.1, 0.15) is 53.2 Å². The maximum absolute atomic E-state index is 12.6. The van der Waals surface area contributed by atoms with Gasteiger partial charge in [0.05, 0.1) is 6.04 Å². The molecule has 26 heavy (non-hydrogen) atoms. The summed E-state index contributed by atoms with van der Waals surface area (Å²) >= 11 is 3.41. The van der Waals surface area contributed by atoms with Crippen molar-refractivity contribution in [2.75, 3.05) is 19.6 Å². The van der Waals surface area contributed by atoms with Gasteiger partial charge in [0.25, 0.3) is 5.91 Å². The summed E-state index contributed by atoms with van der Waals surface area (Å²) in [6.07, 6.45) is 5.09. The van der Waals surface area contributed by atoms with Crippen LogP contribution in [0.25, 0.3) is 0 Å². The van der Waals surface area contributed by atoms with Gasteiger partial charge >= 0.3 is 0 Å². The van der Waals surface area contributed by atoms with Crippen LogP contribution in [0.3, 0.4) is 0 Å². The van der Waals surface area contributed by atoms with Crippen LogP contribution < -0.4 is 5.32 Å². The Bertz CT molecular complexity index is 704.